The SMILES string of the molecule is CN(Cc1ccccc1)C(=O)CSc1nnc2ccc3ccccc3n12. The minimum Gasteiger partial charge on any atom is -0.341 e. The Balaban J connectivity index is 1.51. The quantitative estimate of drug-likeness (QED) is 0.509. The predicted molar refractivity (Wildman–Crippen MR) is 104 cm³/mol. The van der Waals surface area contributed by atoms with Gasteiger partial charge in [-0.3, -0.25) is 9.20 Å². The molecule has 0 atom stereocenters. The van der Waals surface area contributed by atoms with Crippen molar-refractivity contribution in [3.8, 4) is 0 Å². The number of carbonyl (C=O) groups excluding carboxylic acids is 1. The molecule has 2 aromatic heterocycles. The van der Waals surface area contributed by atoms with Crippen molar-refractivity contribution in [3.05, 3.63) is 72.3 Å². The Morgan fingerprint density at radius 3 is 2.62 bits per heavy atom. The van der Waals surface area contributed by atoms with Crippen molar-refractivity contribution < 1.29 is 4.79 Å². The van der Waals surface area contributed by atoms with Gasteiger partial charge >= 0.3 is 0 Å². The molecular formula is C20H18N4OS. The summed E-state index contributed by atoms with van der Waals surface area (Å²) < 4.78 is 2.00. The van der Waals surface area contributed by atoms with Crippen molar-refractivity contribution in [2.24, 2.45) is 0 Å². The fraction of sp³-hybridized carbons (Fsp3) is 0.150. The Bertz CT molecular complexity index is 1060. The number of para-hydroxylation sites is 1. The van der Waals surface area contributed by atoms with Crippen LogP contribution in [-0.4, -0.2) is 38.2 Å². The summed E-state index contributed by atoms with van der Waals surface area (Å²) in [6.45, 7) is 0.601. The van der Waals surface area contributed by atoms with Gasteiger partial charge in [0.2, 0.25) is 5.91 Å². The highest BCUT2D eigenvalue weighted by Gasteiger charge is 2.14. The molecule has 4 aromatic rings. The van der Waals surface area contributed by atoms with E-state index in [4.69, 9.17) is 0 Å². The van der Waals surface area contributed by atoms with E-state index in [1.165, 1.54) is 11.8 Å². The molecule has 0 aliphatic carbocycles. The molecule has 2 heterocycles. The summed E-state index contributed by atoms with van der Waals surface area (Å²) in [7, 11) is 1.83. The van der Waals surface area contributed by atoms with Crippen LogP contribution in [0.2, 0.25) is 0 Å². The predicted octanol–water partition coefficient (Wildman–Crippen LogP) is 3.63. The molecule has 26 heavy (non-hydrogen) atoms. The largest absolute Gasteiger partial charge is 0.341 e. The molecule has 0 unspecified atom stereocenters. The Hall–Kier alpha value is -2.86. The first-order valence-electron chi connectivity index (χ1n) is 8.36. The Morgan fingerprint density at radius 2 is 1.77 bits per heavy atom. The van der Waals surface area contributed by atoms with Crippen LogP contribution in [0.1, 0.15) is 5.56 Å². The summed E-state index contributed by atoms with van der Waals surface area (Å²) in [5.74, 6) is 0.392. The summed E-state index contributed by atoms with van der Waals surface area (Å²) in [6, 6.07) is 22.1. The van der Waals surface area contributed by atoms with Gasteiger partial charge < -0.3 is 4.90 Å². The third kappa shape index (κ3) is 3.28. The monoisotopic (exact) mass is 362 g/mol. The van der Waals surface area contributed by atoms with Crippen LogP contribution < -0.4 is 0 Å². The van der Waals surface area contributed by atoms with E-state index >= 15 is 0 Å². The maximum Gasteiger partial charge on any atom is 0.233 e. The molecule has 0 spiro atoms. The van der Waals surface area contributed by atoms with Crippen LogP contribution in [-0.2, 0) is 11.3 Å². The van der Waals surface area contributed by atoms with Crippen LogP contribution in [0, 0.1) is 0 Å². The van der Waals surface area contributed by atoms with Crippen molar-refractivity contribution in [2.75, 3.05) is 12.8 Å². The number of thioether (sulfide) groups is 1. The van der Waals surface area contributed by atoms with Crippen molar-refractivity contribution >= 4 is 34.2 Å². The lowest BCUT2D eigenvalue weighted by molar-refractivity contribution is -0.127. The van der Waals surface area contributed by atoms with Gasteiger partial charge in [-0.15, -0.1) is 10.2 Å². The summed E-state index contributed by atoms with van der Waals surface area (Å²) in [5.41, 5.74) is 2.95. The molecule has 0 aliphatic rings. The number of nitrogens with zero attached hydrogens (tertiary/aromatic N) is 4. The Morgan fingerprint density at radius 1 is 1.00 bits per heavy atom. The second kappa shape index (κ2) is 7.17. The number of pyridine rings is 1. The number of rotatable bonds is 5. The van der Waals surface area contributed by atoms with Gasteiger partial charge in [-0.05, 0) is 29.1 Å². The molecule has 0 aliphatic heterocycles. The van der Waals surface area contributed by atoms with Gasteiger partial charge in [0.15, 0.2) is 10.8 Å². The van der Waals surface area contributed by atoms with Crippen molar-refractivity contribution in [3.63, 3.8) is 0 Å². The lowest BCUT2D eigenvalue weighted by atomic mass is 10.2. The first-order valence-corrected chi connectivity index (χ1v) is 9.34. The molecule has 0 N–H and O–H groups in total. The number of benzene rings is 2. The Kier molecular flexibility index (Phi) is 4.58. The second-order valence-electron chi connectivity index (χ2n) is 6.09. The van der Waals surface area contributed by atoms with Gasteiger partial charge in [0, 0.05) is 13.6 Å². The standard InChI is InChI=1S/C20H18N4OS/c1-23(13-15-7-3-2-4-8-15)19(25)14-26-20-22-21-18-12-11-16-9-5-6-10-17(16)24(18)20/h2-12H,13-14H2,1H3. The van der Waals surface area contributed by atoms with Gasteiger partial charge in [0.25, 0.3) is 0 Å². The minimum absolute atomic E-state index is 0.0656. The van der Waals surface area contributed by atoms with E-state index in [2.05, 4.69) is 16.3 Å². The van der Waals surface area contributed by atoms with E-state index in [0.717, 1.165) is 27.3 Å². The highest BCUT2D eigenvalue weighted by Crippen LogP contribution is 2.23. The van der Waals surface area contributed by atoms with E-state index in [1.54, 1.807) is 4.90 Å². The zero-order chi connectivity index (χ0) is 17.9. The first kappa shape index (κ1) is 16.6. The third-order valence-corrected chi connectivity index (χ3v) is 5.17. The molecule has 0 radical (unpaired) electrons. The molecule has 2 aromatic carbocycles. The lowest BCUT2D eigenvalue weighted by Gasteiger charge is -2.16. The highest BCUT2D eigenvalue weighted by molar-refractivity contribution is 7.99. The average Bonchev–Trinajstić information content (AvgIpc) is 3.10. The summed E-state index contributed by atoms with van der Waals surface area (Å²) >= 11 is 1.42. The van der Waals surface area contributed by atoms with Crippen LogP contribution in [0.3, 0.4) is 0 Å². The molecule has 1 amide bonds. The van der Waals surface area contributed by atoms with Crippen LogP contribution in [0.4, 0.5) is 0 Å². The lowest BCUT2D eigenvalue weighted by Crippen LogP contribution is -2.27. The van der Waals surface area contributed by atoms with Gasteiger partial charge in [-0.25, -0.2) is 0 Å². The molecule has 130 valence electrons. The summed E-state index contributed by atoms with van der Waals surface area (Å²) in [6.07, 6.45) is 0. The normalized spacial score (nSPS) is 11.1. The van der Waals surface area contributed by atoms with Crippen LogP contribution >= 0.6 is 11.8 Å². The fourth-order valence-electron chi connectivity index (χ4n) is 2.89. The van der Waals surface area contributed by atoms with E-state index in [0.29, 0.717) is 12.3 Å². The molecule has 0 saturated heterocycles. The number of fused-ring (bicyclic) bond motifs is 3. The third-order valence-electron chi connectivity index (χ3n) is 4.26. The molecule has 4 rings (SSSR count). The molecule has 0 fully saturated rings. The number of hydrogen-bond acceptors (Lipinski definition) is 4. The zero-order valence-electron chi connectivity index (χ0n) is 14.4. The van der Waals surface area contributed by atoms with Crippen molar-refractivity contribution in [1.29, 1.82) is 0 Å². The van der Waals surface area contributed by atoms with E-state index in [1.807, 2.05) is 72.1 Å². The number of hydrogen-bond donors (Lipinski definition) is 0. The first-order chi connectivity index (χ1) is 12.7. The van der Waals surface area contributed by atoms with Crippen LogP contribution in [0.15, 0.2) is 71.9 Å². The Labute approximate surface area is 155 Å². The highest BCUT2D eigenvalue weighted by atomic mass is 32.2. The van der Waals surface area contributed by atoms with Gasteiger partial charge in [0.1, 0.15) is 0 Å². The zero-order valence-corrected chi connectivity index (χ0v) is 15.2. The smallest absolute Gasteiger partial charge is 0.233 e. The number of aromatic nitrogens is 3. The topological polar surface area (TPSA) is 50.5 Å². The summed E-state index contributed by atoms with van der Waals surface area (Å²) in [4.78, 5) is 14.2. The second-order valence-corrected chi connectivity index (χ2v) is 7.03. The van der Waals surface area contributed by atoms with Gasteiger partial charge in [0.05, 0.1) is 11.3 Å². The van der Waals surface area contributed by atoms with Crippen LogP contribution in [0.5, 0.6) is 0 Å². The van der Waals surface area contributed by atoms with Gasteiger partial charge in [-0.2, -0.15) is 0 Å². The number of carbonyl (C=O) groups is 1. The number of amides is 1. The molecule has 0 bridgehead atoms. The maximum absolute atomic E-state index is 12.5. The van der Waals surface area contributed by atoms with Crippen molar-refractivity contribution in [1.82, 2.24) is 19.5 Å². The average molecular weight is 362 g/mol. The molecular weight excluding hydrogens is 344 g/mol. The van der Waals surface area contributed by atoms with Crippen LogP contribution in [0.25, 0.3) is 16.6 Å². The van der Waals surface area contributed by atoms with Gasteiger partial charge in [-0.1, -0.05) is 60.3 Å². The minimum atomic E-state index is 0.0656. The van der Waals surface area contributed by atoms with Crippen molar-refractivity contribution in [2.45, 2.75) is 11.7 Å². The van der Waals surface area contributed by atoms with E-state index < -0.39 is 0 Å². The molecule has 0 saturated carbocycles. The summed E-state index contributed by atoms with van der Waals surface area (Å²) in [5, 5.41) is 10.3. The maximum atomic E-state index is 12.5. The van der Waals surface area contributed by atoms with E-state index in [-0.39, 0.29) is 5.91 Å². The van der Waals surface area contributed by atoms with E-state index in [9.17, 15) is 4.79 Å². The fourth-order valence-corrected chi connectivity index (χ4v) is 3.78. The molecule has 5 nitrogen and oxygen atoms in total. The molecule has 6 heteroatoms.